The van der Waals surface area contributed by atoms with Gasteiger partial charge in [0.25, 0.3) is 0 Å². The summed E-state index contributed by atoms with van der Waals surface area (Å²) in [7, 11) is 0. The highest BCUT2D eigenvalue weighted by molar-refractivity contribution is 9.18. The summed E-state index contributed by atoms with van der Waals surface area (Å²) in [6, 6.07) is 0. The molecule has 0 aliphatic heterocycles. The van der Waals surface area contributed by atoms with E-state index in [4.69, 9.17) is 9.90 Å². The molecule has 0 amide bonds. The highest BCUT2D eigenvalue weighted by Gasteiger charge is 1.70. The Morgan fingerprint density at radius 1 is 1.80 bits per heavy atom. The maximum absolute atomic E-state index is 8.92. The number of carbonyl (C=O) groups is 1. The second-order valence-corrected chi connectivity index (χ2v) is 0.931. The van der Waals surface area contributed by atoms with Crippen LogP contribution in [0.1, 0.15) is 0 Å². The number of hydrogen-bond acceptors (Lipinski definition) is 2. The van der Waals surface area contributed by atoms with Crippen LogP contribution in [-0.4, -0.2) is 9.99 Å². The Bertz CT molecular complexity index is 32.6. The quantitative estimate of drug-likeness (QED) is 0.499. The molecule has 0 rings (SSSR count). The number of halogens is 1. The van der Waals surface area contributed by atoms with E-state index < -0.39 is 4.88 Å². The van der Waals surface area contributed by atoms with Crippen molar-refractivity contribution in [2.75, 3.05) is 0 Å². The van der Waals surface area contributed by atoms with Gasteiger partial charge in [-0.05, 0) is 0 Å². The first-order valence-electron chi connectivity index (χ1n) is 0.617. The predicted octanol–water partition coefficient (Wildman–Crippen LogP) is 1.22. The van der Waals surface area contributed by atoms with Crippen molar-refractivity contribution in [1.29, 1.82) is 0 Å². The summed E-state index contributed by atoms with van der Waals surface area (Å²) >= 11 is 2.19. The third-order valence-electron chi connectivity index (χ3n) is 0. The first kappa shape index (κ1) is 8.86. The van der Waals surface area contributed by atoms with Crippen LogP contribution in [0.25, 0.3) is 0 Å². The molecule has 0 atom stereocenters. The van der Waals surface area contributed by atoms with E-state index in [0.717, 1.165) is 0 Å². The molecule has 0 unspecified atom stereocenters. The first-order valence-corrected chi connectivity index (χ1v) is 1.41. The largest absolute Gasteiger partial charge is 0.473 e. The lowest BCUT2D eigenvalue weighted by Crippen LogP contribution is -1.65. The molecule has 4 heteroatoms. The van der Waals surface area contributed by atoms with Gasteiger partial charge >= 0.3 is 4.88 Å². The zero-order chi connectivity index (χ0) is 3.58. The van der Waals surface area contributed by atoms with Crippen molar-refractivity contribution in [2.45, 2.75) is 0 Å². The molecular formula is CH4BrNO2. The van der Waals surface area contributed by atoms with Crippen molar-refractivity contribution in [1.82, 2.24) is 6.15 Å². The van der Waals surface area contributed by atoms with Crippen molar-refractivity contribution in [3.63, 3.8) is 0 Å². The van der Waals surface area contributed by atoms with E-state index >= 15 is 0 Å². The van der Waals surface area contributed by atoms with Gasteiger partial charge in [-0.3, -0.25) is 0 Å². The molecule has 3 nitrogen and oxygen atoms in total. The average molecular weight is 142 g/mol. The number of rotatable bonds is 0. The van der Waals surface area contributed by atoms with Crippen molar-refractivity contribution in [3.05, 3.63) is 0 Å². The van der Waals surface area contributed by atoms with E-state index in [-0.39, 0.29) is 6.15 Å². The molecule has 0 aromatic carbocycles. The van der Waals surface area contributed by atoms with Crippen LogP contribution in [0.5, 0.6) is 0 Å². The van der Waals surface area contributed by atoms with Gasteiger partial charge in [-0.1, -0.05) is 0 Å². The maximum Gasteiger partial charge on any atom is 0.372 e. The second kappa shape index (κ2) is 3.91. The van der Waals surface area contributed by atoms with Crippen LogP contribution < -0.4 is 6.15 Å². The van der Waals surface area contributed by atoms with Gasteiger partial charge in [-0.2, -0.15) is 0 Å². The molecule has 0 aromatic rings. The summed E-state index contributed by atoms with van der Waals surface area (Å²) in [4.78, 5) is 7.90. The van der Waals surface area contributed by atoms with Crippen LogP contribution in [0.2, 0.25) is 0 Å². The monoisotopic (exact) mass is 141 g/mol. The van der Waals surface area contributed by atoms with Crippen LogP contribution in [0, 0.1) is 0 Å². The molecule has 0 aliphatic rings. The van der Waals surface area contributed by atoms with Crippen LogP contribution in [0.15, 0.2) is 0 Å². The van der Waals surface area contributed by atoms with Crippen LogP contribution in [-0.2, 0) is 0 Å². The van der Waals surface area contributed by atoms with Crippen LogP contribution >= 0.6 is 15.9 Å². The Hall–Kier alpha value is -0.0900. The fraction of sp³-hybridized carbons (Fsp3) is 0. The molecule has 0 saturated heterocycles. The lowest BCUT2D eigenvalue weighted by atomic mass is 11.7. The second-order valence-electron chi connectivity index (χ2n) is 0.253. The summed E-state index contributed by atoms with van der Waals surface area (Å²) in [5, 5.41) is 7.33. The Morgan fingerprint density at radius 3 is 1.80 bits per heavy atom. The zero-order valence-electron chi connectivity index (χ0n) is 2.44. The lowest BCUT2D eigenvalue weighted by molar-refractivity contribution is 0.223. The fourth-order valence-corrected chi connectivity index (χ4v) is 0. The summed E-state index contributed by atoms with van der Waals surface area (Å²) < 4.78 is 0. The molecule has 32 valence electrons. The fourth-order valence-electron chi connectivity index (χ4n) is 0. The van der Waals surface area contributed by atoms with Crippen LogP contribution in [0.3, 0.4) is 0 Å². The van der Waals surface area contributed by atoms with E-state index in [1.165, 1.54) is 0 Å². The molecule has 5 heavy (non-hydrogen) atoms. The molecular weight excluding hydrogens is 138 g/mol. The molecule has 0 radical (unpaired) electrons. The third kappa shape index (κ3) is 1760. The summed E-state index contributed by atoms with van der Waals surface area (Å²) in [6.45, 7) is 0. The average Bonchev–Trinajstić information content (AvgIpc) is 0.811. The van der Waals surface area contributed by atoms with Crippen molar-refractivity contribution >= 4 is 20.8 Å². The topological polar surface area (TPSA) is 72.3 Å². The molecule has 0 aromatic heterocycles. The smallest absolute Gasteiger partial charge is 0.372 e. The van der Waals surface area contributed by atoms with Crippen molar-refractivity contribution < 1.29 is 9.90 Å². The van der Waals surface area contributed by atoms with Gasteiger partial charge in [-0.25, -0.2) is 4.79 Å². The maximum atomic E-state index is 8.92. The van der Waals surface area contributed by atoms with Gasteiger partial charge in [0.15, 0.2) is 0 Å². The first-order chi connectivity index (χ1) is 1.73. The van der Waals surface area contributed by atoms with E-state index in [2.05, 4.69) is 15.9 Å². The van der Waals surface area contributed by atoms with Crippen molar-refractivity contribution in [2.24, 2.45) is 0 Å². The minimum atomic E-state index is -1.02. The number of carboxylic acid groups (broad SMARTS) is 1. The van der Waals surface area contributed by atoms with Crippen molar-refractivity contribution in [3.8, 4) is 0 Å². The standard InChI is InChI=1S/CHBrO2.H3N/c2-1(3)4;/h(H,3,4);1H3. The van der Waals surface area contributed by atoms with Gasteiger partial charge in [0.2, 0.25) is 0 Å². The minimum absolute atomic E-state index is 0. The summed E-state index contributed by atoms with van der Waals surface area (Å²) in [5.41, 5.74) is 0. The minimum Gasteiger partial charge on any atom is -0.473 e. The SMILES string of the molecule is N.O=C(O)Br. The van der Waals surface area contributed by atoms with E-state index in [1.807, 2.05) is 0 Å². The molecule has 0 heterocycles. The van der Waals surface area contributed by atoms with Crippen LogP contribution in [0.4, 0.5) is 4.79 Å². The van der Waals surface area contributed by atoms with E-state index in [1.54, 1.807) is 0 Å². The zero-order valence-corrected chi connectivity index (χ0v) is 4.03. The van der Waals surface area contributed by atoms with Gasteiger partial charge in [0.05, 0.1) is 0 Å². The Kier molecular flexibility index (Phi) is 6.93. The van der Waals surface area contributed by atoms with E-state index in [0.29, 0.717) is 0 Å². The van der Waals surface area contributed by atoms with Gasteiger partial charge in [-0.15, -0.1) is 0 Å². The Labute approximate surface area is 37.7 Å². The van der Waals surface area contributed by atoms with Gasteiger partial charge in [0, 0.05) is 15.9 Å². The number of hydrogen-bond donors (Lipinski definition) is 2. The van der Waals surface area contributed by atoms with E-state index in [9.17, 15) is 0 Å². The molecule has 4 N–H and O–H groups in total. The summed E-state index contributed by atoms with van der Waals surface area (Å²) in [6.07, 6.45) is 0. The summed E-state index contributed by atoms with van der Waals surface area (Å²) in [5.74, 6) is 0. The normalized spacial score (nSPS) is 5.00. The molecule has 0 fully saturated rings. The van der Waals surface area contributed by atoms with Gasteiger partial charge in [0.1, 0.15) is 0 Å². The molecule has 0 spiro atoms. The predicted molar refractivity (Wildman–Crippen MR) is 22.0 cm³/mol. The molecule has 0 aliphatic carbocycles. The Morgan fingerprint density at radius 2 is 1.80 bits per heavy atom. The lowest BCUT2D eigenvalue weighted by Gasteiger charge is -1.56. The highest BCUT2D eigenvalue weighted by Crippen LogP contribution is 1.74. The highest BCUT2D eigenvalue weighted by atomic mass is 79.9. The molecule has 0 bridgehead atoms. The molecule has 0 saturated carbocycles. The third-order valence-corrected chi connectivity index (χ3v) is 0. The van der Waals surface area contributed by atoms with Gasteiger partial charge < -0.3 is 11.3 Å². The Balaban J connectivity index is 0.